The molecule has 0 aromatic heterocycles. The number of aliphatic carboxylic acids is 1. The minimum Gasteiger partial charge on any atom is -0.480 e. The van der Waals surface area contributed by atoms with Gasteiger partial charge in [0.05, 0.1) is 12.6 Å². The third-order valence-corrected chi connectivity index (χ3v) is 3.08. The van der Waals surface area contributed by atoms with E-state index in [4.69, 9.17) is 9.84 Å². The Balaban J connectivity index is 0.00000361. The van der Waals surface area contributed by atoms with Crippen molar-refractivity contribution in [2.75, 3.05) is 32.8 Å². The molecule has 0 aromatic rings. The summed E-state index contributed by atoms with van der Waals surface area (Å²) in [6, 6.07) is 0. The largest absolute Gasteiger partial charge is 0.480 e. The van der Waals surface area contributed by atoms with Gasteiger partial charge in [0.25, 0.3) is 0 Å². The van der Waals surface area contributed by atoms with Crippen molar-refractivity contribution in [1.29, 1.82) is 0 Å². The molecular weight excluding hydrogens is 284 g/mol. The Hall–Kier alpha value is -0.850. The average molecular weight is 309 g/mol. The highest BCUT2D eigenvalue weighted by atomic mass is 35.5. The van der Waals surface area contributed by atoms with Crippen LogP contribution in [0.1, 0.15) is 26.7 Å². The van der Waals surface area contributed by atoms with Gasteiger partial charge in [-0.25, -0.2) is 0 Å². The molecule has 1 saturated heterocycles. The number of carboxylic acid groups (broad SMARTS) is 1. The number of amides is 1. The van der Waals surface area contributed by atoms with E-state index in [0.29, 0.717) is 5.92 Å². The van der Waals surface area contributed by atoms with Gasteiger partial charge in [0.1, 0.15) is 6.54 Å². The maximum Gasteiger partial charge on any atom is 0.322 e. The van der Waals surface area contributed by atoms with Crippen LogP contribution in [0.3, 0.4) is 0 Å². The molecule has 0 bridgehead atoms. The van der Waals surface area contributed by atoms with E-state index in [1.54, 1.807) is 0 Å². The van der Waals surface area contributed by atoms with Crippen LogP contribution >= 0.6 is 12.4 Å². The highest BCUT2D eigenvalue weighted by molar-refractivity contribution is 5.85. The van der Waals surface area contributed by atoms with Gasteiger partial charge in [0, 0.05) is 19.7 Å². The lowest BCUT2D eigenvalue weighted by molar-refractivity contribution is -0.138. The van der Waals surface area contributed by atoms with Gasteiger partial charge in [0.15, 0.2) is 0 Å². The highest BCUT2D eigenvalue weighted by Crippen LogP contribution is 2.13. The molecule has 6 nitrogen and oxygen atoms in total. The normalized spacial score (nSPS) is 18.9. The van der Waals surface area contributed by atoms with Crippen LogP contribution in [0.15, 0.2) is 0 Å². The Morgan fingerprint density at radius 3 is 2.75 bits per heavy atom. The number of hydrogen-bond acceptors (Lipinski definition) is 4. The van der Waals surface area contributed by atoms with Crippen LogP contribution in [0, 0.1) is 5.92 Å². The number of hydrogen-bond donors (Lipinski definition) is 2. The molecule has 1 heterocycles. The summed E-state index contributed by atoms with van der Waals surface area (Å²) in [5, 5.41) is 10.8. The lowest BCUT2D eigenvalue weighted by Crippen LogP contribution is -2.38. The van der Waals surface area contributed by atoms with Gasteiger partial charge < -0.3 is 15.2 Å². The summed E-state index contributed by atoms with van der Waals surface area (Å²) in [5.41, 5.74) is 0. The van der Waals surface area contributed by atoms with Gasteiger partial charge in [-0.3, -0.25) is 14.5 Å². The Labute approximate surface area is 126 Å². The van der Waals surface area contributed by atoms with E-state index >= 15 is 0 Å². The molecule has 118 valence electrons. The Morgan fingerprint density at radius 2 is 2.15 bits per heavy atom. The van der Waals surface area contributed by atoms with Crippen molar-refractivity contribution in [3.8, 4) is 0 Å². The molecule has 2 N–H and O–H groups in total. The molecule has 0 radical (unpaired) electrons. The molecule has 1 aliphatic rings. The summed E-state index contributed by atoms with van der Waals surface area (Å²) in [7, 11) is 0. The van der Waals surface area contributed by atoms with Gasteiger partial charge >= 0.3 is 5.97 Å². The zero-order chi connectivity index (χ0) is 14.3. The Kier molecular flexibility index (Phi) is 9.54. The van der Waals surface area contributed by atoms with E-state index < -0.39 is 5.97 Å². The molecule has 0 aromatic carbocycles. The van der Waals surface area contributed by atoms with Crippen molar-refractivity contribution in [2.45, 2.75) is 32.8 Å². The van der Waals surface area contributed by atoms with Crippen LogP contribution in [-0.4, -0.2) is 60.8 Å². The monoisotopic (exact) mass is 308 g/mol. The number of halogens is 1. The third kappa shape index (κ3) is 8.35. The van der Waals surface area contributed by atoms with Crippen molar-refractivity contribution in [2.24, 2.45) is 5.92 Å². The standard InChI is InChI=1S/C13H24N2O4.ClH/c1-10(2)4-6-19-11-3-5-15(8-11)9-12(16)14-7-13(17)18;/h10-11H,3-9H2,1-2H3,(H,14,16)(H,17,18);1H. The topological polar surface area (TPSA) is 78.9 Å². The van der Waals surface area contributed by atoms with Crippen LogP contribution < -0.4 is 5.32 Å². The van der Waals surface area contributed by atoms with Gasteiger partial charge in [-0.2, -0.15) is 0 Å². The van der Waals surface area contributed by atoms with E-state index in [1.807, 2.05) is 4.90 Å². The molecule has 1 aliphatic heterocycles. The number of carboxylic acids is 1. The van der Waals surface area contributed by atoms with Crippen LogP contribution in [0.25, 0.3) is 0 Å². The molecule has 1 rings (SSSR count). The third-order valence-electron chi connectivity index (χ3n) is 3.08. The number of rotatable bonds is 8. The molecule has 0 saturated carbocycles. The van der Waals surface area contributed by atoms with Crippen molar-refractivity contribution in [1.82, 2.24) is 10.2 Å². The van der Waals surface area contributed by atoms with Crippen molar-refractivity contribution in [3.63, 3.8) is 0 Å². The number of nitrogens with zero attached hydrogens (tertiary/aromatic N) is 1. The van der Waals surface area contributed by atoms with Gasteiger partial charge in [0.2, 0.25) is 5.91 Å². The Morgan fingerprint density at radius 1 is 1.45 bits per heavy atom. The smallest absolute Gasteiger partial charge is 0.322 e. The van der Waals surface area contributed by atoms with Crippen LogP contribution in [0.4, 0.5) is 0 Å². The first kappa shape index (κ1) is 19.1. The SMILES string of the molecule is CC(C)CCOC1CCN(CC(=O)NCC(=O)O)C1.Cl. The number of ether oxygens (including phenoxy) is 1. The van der Waals surface area contributed by atoms with E-state index in [1.165, 1.54) is 0 Å². The first-order valence-corrected chi connectivity index (χ1v) is 6.80. The second kappa shape index (κ2) is 9.96. The van der Waals surface area contributed by atoms with Gasteiger partial charge in [-0.15, -0.1) is 12.4 Å². The maximum atomic E-state index is 11.5. The molecular formula is C13H25ClN2O4. The highest BCUT2D eigenvalue weighted by Gasteiger charge is 2.24. The fourth-order valence-corrected chi connectivity index (χ4v) is 1.98. The van der Waals surface area contributed by atoms with Crippen LogP contribution in [0.2, 0.25) is 0 Å². The molecule has 0 aliphatic carbocycles. The second-order valence-electron chi connectivity index (χ2n) is 5.37. The maximum absolute atomic E-state index is 11.5. The zero-order valence-corrected chi connectivity index (χ0v) is 12.9. The van der Waals surface area contributed by atoms with E-state index in [9.17, 15) is 9.59 Å². The minimum atomic E-state index is -1.02. The quantitative estimate of drug-likeness (QED) is 0.691. The van der Waals surface area contributed by atoms with Crippen molar-refractivity contribution >= 4 is 24.3 Å². The lowest BCUT2D eigenvalue weighted by Gasteiger charge is -2.16. The summed E-state index contributed by atoms with van der Waals surface area (Å²) in [6.07, 6.45) is 2.19. The zero-order valence-electron chi connectivity index (χ0n) is 12.1. The predicted molar refractivity (Wildman–Crippen MR) is 78.1 cm³/mol. The predicted octanol–water partition coefficient (Wildman–Crippen LogP) is 0.746. The summed E-state index contributed by atoms with van der Waals surface area (Å²) in [5.74, 6) is -0.630. The van der Waals surface area contributed by atoms with Gasteiger partial charge in [-0.1, -0.05) is 13.8 Å². The molecule has 1 unspecified atom stereocenters. The first-order valence-electron chi connectivity index (χ1n) is 6.80. The summed E-state index contributed by atoms with van der Waals surface area (Å²) in [4.78, 5) is 23.8. The molecule has 1 amide bonds. The van der Waals surface area contributed by atoms with E-state index in [2.05, 4.69) is 19.2 Å². The fourth-order valence-electron chi connectivity index (χ4n) is 1.98. The van der Waals surface area contributed by atoms with Crippen LogP contribution in [0.5, 0.6) is 0 Å². The number of nitrogens with one attached hydrogen (secondary N) is 1. The van der Waals surface area contributed by atoms with Crippen molar-refractivity contribution < 1.29 is 19.4 Å². The fraction of sp³-hybridized carbons (Fsp3) is 0.846. The van der Waals surface area contributed by atoms with Crippen LogP contribution in [-0.2, 0) is 14.3 Å². The molecule has 0 spiro atoms. The molecule has 20 heavy (non-hydrogen) atoms. The average Bonchev–Trinajstić information content (AvgIpc) is 2.73. The lowest BCUT2D eigenvalue weighted by atomic mass is 10.1. The number of carbonyl (C=O) groups is 2. The number of carbonyl (C=O) groups excluding carboxylic acids is 1. The van der Waals surface area contributed by atoms with E-state index in [0.717, 1.165) is 32.5 Å². The molecule has 1 fully saturated rings. The summed E-state index contributed by atoms with van der Waals surface area (Å²) in [6.45, 7) is 6.60. The number of likely N-dealkylation sites (tertiary alicyclic amines) is 1. The second-order valence-corrected chi connectivity index (χ2v) is 5.37. The first-order chi connectivity index (χ1) is 8.97. The van der Waals surface area contributed by atoms with Gasteiger partial charge in [-0.05, 0) is 18.8 Å². The summed E-state index contributed by atoms with van der Waals surface area (Å²) >= 11 is 0. The minimum absolute atomic E-state index is 0. The van der Waals surface area contributed by atoms with Crippen molar-refractivity contribution in [3.05, 3.63) is 0 Å². The summed E-state index contributed by atoms with van der Waals surface area (Å²) < 4.78 is 5.76. The Bertz CT molecular complexity index is 313. The molecule has 1 atom stereocenters. The van der Waals surface area contributed by atoms with E-state index in [-0.39, 0.29) is 37.5 Å². The molecule has 7 heteroatoms.